The van der Waals surface area contributed by atoms with Crippen molar-refractivity contribution in [1.29, 1.82) is 0 Å². The lowest BCUT2D eigenvalue weighted by Crippen LogP contribution is -2.21. The average molecular weight is 134 g/mol. The summed E-state index contributed by atoms with van der Waals surface area (Å²) < 4.78 is 32.7. The monoisotopic (exact) mass is 133 g/mol. The molecule has 0 atom stereocenters. The lowest BCUT2D eigenvalue weighted by atomic mass is 10.7. The van der Waals surface area contributed by atoms with Crippen molar-refractivity contribution in [2.24, 2.45) is 0 Å². The van der Waals surface area contributed by atoms with Gasteiger partial charge >= 0.3 is 6.18 Å². The van der Waals surface area contributed by atoms with Crippen LogP contribution in [-0.4, -0.2) is 12.7 Å². The van der Waals surface area contributed by atoms with E-state index in [1.54, 1.807) is 0 Å². The fourth-order valence-corrected chi connectivity index (χ4v) is 0.227. The Morgan fingerprint density at radius 2 is 1.86 bits per heavy atom. The van der Waals surface area contributed by atoms with Gasteiger partial charge in [0.15, 0.2) is 0 Å². The first-order valence-corrected chi connectivity index (χ1v) is 1.84. The molecule has 0 unspecified atom stereocenters. The van der Waals surface area contributed by atoms with Gasteiger partial charge < -0.3 is 0 Å². The highest BCUT2D eigenvalue weighted by molar-refractivity contribution is 6.13. The molecule has 0 rings (SSSR count). The summed E-state index contributed by atoms with van der Waals surface area (Å²) in [7, 11) is 0. The summed E-state index contributed by atoms with van der Waals surface area (Å²) in [6.45, 7) is -1.14. The number of hydrogen-bond donors (Lipinski definition) is 1. The van der Waals surface area contributed by atoms with Gasteiger partial charge in [-0.1, -0.05) is 0 Å². The highest BCUT2D eigenvalue weighted by atomic mass is 35.5. The SMILES string of the molecule is FC(F)(F)CNCl. The lowest BCUT2D eigenvalue weighted by Gasteiger charge is -2.00. The van der Waals surface area contributed by atoms with Gasteiger partial charge in [-0.3, -0.25) is 0 Å². The van der Waals surface area contributed by atoms with Gasteiger partial charge in [0.1, 0.15) is 6.54 Å². The number of halogens is 4. The third-order valence-corrected chi connectivity index (χ3v) is 0.401. The molecule has 0 saturated heterocycles. The highest BCUT2D eigenvalue weighted by Crippen LogP contribution is 2.11. The van der Waals surface area contributed by atoms with Crippen molar-refractivity contribution in [2.75, 3.05) is 6.54 Å². The summed E-state index contributed by atoms with van der Waals surface area (Å²) in [6.07, 6.45) is -4.19. The van der Waals surface area contributed by atoms with Crippen molar-refractivity contribution in [3.8, 4) is 0 Å². The van der Waals surface area contributed by atoms with Crippen LogP contribution in [-0.2, 0) is 0 Å². The maximum atomic E-state index is 10.9. The summed E-state index contributed by atoms with van der Waals surface area (Å²) >= 11 is 4.52. The van der Waals surface area contributed by atoms with Crippen LogP contribution in [0.5, 0.6) is 0 Å². The van der Waals surface area contributed by atoms with E-state index < -0.39 is 12.7 Å². The Hall–Kier alpha value is 0.0400. The molecular weight excluding hydrogens is 130 g/mol. The second-order valence-corrected chi connectivity index (χ2v) is 1.19. The van der Waals surface area contributed by atoms with Gasteiger partial charge in [0.05, 0.1) is 0 Å². The molecule has 5 heteroatoms. The molecule has 0 aliphatic heterocycles. The van der Waals surface area contributed by atoms with E-state index in [0.717, 1.165) is 0 Å². The van der Waals surface area contributed by atoms with E-state index in [1.165, 1.54) is 4.84 Å². The second-order valence-electron chi connectivity index (χ2n) is 0.926. The summed E-state index contributed by atoms with van der Waals surface area (Å²) in [5.74, 6) is 0. The van der Waals surface area contributed by atoms with Gasteiger partial charge in [0.25, 0.3) is 0 Å². The number of hydrogen-bond acceptors (Lipinski definition) is 1. The largest absolute Gasteiger partial charge is 0.402 e. The fourth-order valence-electron chi connectivity index (χ4n) is 0.0758. The summed E-state index contributed by atoms with van der Waals surface area (Å²) in [4.78, 5) is 1.45. The molecule has 0 bridgehead atoms. The standard InChI is InChI=1S/C2H3ClF3N/c3-7-1-2(4,5)6/h7H,1H2. The van der Waals surface area contributed by atoms with Crippen molar-refractivity contribution in [3.05, 3.63) is 0 Å². The van der Waals surface area contributed by atoms with Crippen LogP contribution in [0, 0.1) is 0 Å². The Bertz CT molecular complexity index is 51.4. The molecule has 0 radical (unpaired) electrons. The predicted octanol–water partition coefficient (Wildman–Crippen LogP) is 1.29. The molecular formula is C2H3ClF3N. The number of alkyl halides is 3. The lowest BCUT2D eigenvalue weighted by molar-refractivity contribution is -0.121. The van der Waals surface area contributed by atoms with E-state index in [4.69, 9.17) is 0 Å². The maximum Gasteiger partial charge on any atom is 0.402 e. The first kappa shape index (κ1) is 7.04. The average Bonchev–Trinajstić information content (AvgIpc) is 1.30. The minimum Gasteiger partial charge on any atom is -0.224 e. The van der Waals surface area contributed by atoms with Gasteiger partial charge in [-0.15, -0.1) is 0 Å². The quantitative estimate of drug-likeness (QED) is 0.532. The molecule has 1 N–H and O–H groups in total. The van der Waals surface area contributed by atoms with Crippen molar-refractivity contribution in [2.45, 2.75) is 6.18 Å². The topological polar surface area (TPSA) is 12.0 Å². The smallest absolute Gasteiger partial charge is 0.224 e. The van der Waals surface area contributed by atoms with E-state index in [1.807, 2.05) is 0 Å². The van der Waals surface area contributed by atoms with E-state index in [2.05, 4.69) is 11.8 Å². The second kappa shape index (κ2) is 2.37. The normalized spacial score (nSPS) is 12.0. The Morgan fingerprint density at radius 1 is 1.43 bits per heavy atom. The molecule has 44 valence electrons. The summed E-state index contributed by atoms with van der Waals surface area (Å²) in [6, 6.07) is 0. The van der Waals surface area contributed by atoms with Gasteiger partial charge in [0, 0.05) is 0 Å². The first-order valence-electron chi connectivity index (χ1n) is 1.46. The summed E-state index contributed by atoms with van der Waals surface area (Å²) in [5, 5.41) is 0. The fraction of sp³-hybridized carbons (Fsp3) is 1.00. The van der Waals surface area contributed by atoms with E-state index in [9.17, 15) is 13.2 Å². The Labute approximate surface area is 43.6 Å². The van der Waals surface area contributed by atoms with Gasteiger partial charge in [-0.25, -0.2) is 4.84 Å². The third-order valence-electron chi connectivity index (χ3n) is 0.267. The molecule has 0 aromatic heterocycles. The van der Waals surface area contributed by atoms with Crippen molar-refractivity contribution in [1.82, 2.24) is 4.84 Å². The minimum absolute atomic E-state index is 1.14. The van der Waals surface area contributed by atoms with Crippen LogP contribution in [0.1, 0.15) is 0 Å². The Kier molecular flexibility index (Phi) is 2.39. The zero-order valence-corrected chi connectivity index (χ0v) is 3.97. The highest BCUT2D eigenvalue weighted by Gasteiger charge is 2.25. The van der Waals surface area contributed by atoms with Crippen molar-refractivity contribution < 1.29 is 13.2 Å². The Balaban J connectivity index is 3.15. The van der Waals surface area contributed by atoms with E-state index in [0.29, 0.717) is 0 Å². The third kappa shape index (κ3) is 6.04. The van der Waals surface area contributed by atoms with Crippen LogP contribution in [0.25, 0.3) is 0 Å². The minimum atomic E-state index is -4.19. The Morgan fingerprint density at radius 3 is 1.86 bits per heavy atom. The molecule has 0 aliphatic carbocycles. The number of nitrogens with one attached hydrogen (secondary N) is 1. The van der Waals surface area contributed by atoms with Crippen LogP contribution in [0.4, 0.5) is 13.2 Å². The summed E-state index contributed by atoms with van der Waals surface area (Å²) in [5.41, 5.74) is 0. The van der Waals surface area contributed by atoms with Crippen LogP contribution in [0.15, 0.2) is 0 Å². The molecule has 0 aromatic rings. The maximum absolute atomic E-state index is 10.9. The van der Waals surface area contributed by atoms with Gasteiger partial charge in [-0.05, 0) is 11.8 Å². The van der Waals surface area contributed by atoms with Gasteiger partial charge in [-0.2, -0.15) is 13.2 Å². The molecule has 7 heavy (non-hydrogen) atoms. The zero-order chi connectivity index (χ0) is 5.91. The molecule has 0 amide bonds. The molecule has 0 spiro atoms. The van der Waals surface area contributed by atoms with E-state index in [-0.39, 0.29) is 0 Å². The molecule has 0 aliphatic rings. The molecule has 0 saturated carbocycles. The van der Waals surface area contributed by atoms with E-state index >= 15 is 0 Å². The van der Waals surface area contributed by atoms with Crippen molar-refractivity contribution in [3.63, 3.8) is 0 Å². The number of rotatable bonds is 1. The zero-order valence-electron chi connectivity index (χ0n) is 3.22. The van der Waals surface area contributed by atoms with Crippen LogP contribution in [0.3, 0.4) is 0 Å². The van der Waals surface area contributed by atoms with Crippen LogP contribution in [0.2, 0.25) is 0 Å². The molecule has 0 heterocycles. The molecule has 0 aromatic carbocycles. The molecule has 1 nitrogen and oxygen atoms in total. The van der Waals surface area contributed by atoms with Crippen LogP contribution < -0.4 is 4.84 Å². The predicted molar refractivity (Wildman–Crippen MR) is 19.9 cm³/mol. The first-order chi connectivity index (χ1) is 3.06. The van der Waals surface area contributed by atoms with Crippen LogP contribution >= 0.6 is 11.8 Å². The van der Waals surface area contributed by atoms with Crippen molar-refractivity contribution >= 4 is 11.8 Å². The molecule has 0 fully saturated rings. The van der Waals surface area contributed by atoms with Gasteiger partial charge in [0.2, 0.25) is 0 Å².